The van der Waals surface area contributed by atoms with E-state index in [9.17, 15) is 98.2 Å². The van der Waals surface area contributed by atoms with Gasteiger partial charge in [-0.25, -0.2) is 19.4 Å². The number of aryl methyl sites for hydroxylation is 3. The summed E-state index contributed by atoms with van der Waals surface area (Å²) < 4.78 is 269. The molecule has 12 aromatic rings. The summed E-state index contributed by atoms with van der Waals surface area (Å²) in [6, 6.07) is 53.5. The van der Waals surface area contributed by atoms with Crippen LogP contribution in [0, 0.1) is 0 Å². The molecule has 0 radical (unpaired) electrons. The van der Waals surface area contributed by atoms with Crippen LogP contribution < -0.4 is 60.3 Å². The summed E-state index contributed by atoms with van der Waals surface area (Å²) in [5, 5.41) is 26.0. The standard InChI is InChI=1S/C30H25F6N3O5S.C27H21BrF6N4O3.C27H22F6N4O3/c1-42-25(40)14-13-22-18-45-27(37-22)38-26(41)39-28(17-19-7-3-2-4-8-19,20-9-5-11-23(15-20)43-29(31,32)33)21-10-6-12-24(16-21)44-30(34,35)36;1-38-16-22(28)23(37-38)35-24(39)36-25(15-17-7-3-2-4-8-17,18-9-5-11-20(13-18)40-26(29,30)31)19-10-6-12-21(14-19)41-27(32,33)34;1-37-14-13-23(36-37)34-24(38)35-25(17-18-7-3-2-4-8-18,19-9-5-11-21(15-19)39-26(28,29)30)20-10-6-12-22(16-20)40-27(31,32)33/h2-12,15-16,18H,13-14,17H2,1H3,(H2,37,38,39,41);2-14,16H,15H2,1H3,(H2,35,36,37,39);2-16H,17H2,1H3,(H2,34,35,36,38). The third-order valence-corrected chi connectivity index (χ3v) is 19.2. The second kappa shape index (κ2) is 40.3. The molecule has 6 N–H and O–H groups in total. The Morgan fingerprint density at radius 3 is 0.952 bits per heavy atom. The highest BCUT2D eigenvalue weighted by atomic mass is 79.9. The van der Waals surface area contributed by atoms with Crippen LogP contribution in [0.15, 0.2) is 265 Å². The number of aromatic nitrogens is 5. The number of thiazole rings is 1. The number of carbonyl (C=O) groups excluding carboxylic acids is 4. The number of hydrogen-bond acceptors (Lipinski definition) is 15. The lowest BCUT2D eigenvalue weighted by molar-refractivity contribution is -0.275. The molecule has 0 atom stereocenters. The van der Waals surface area contributed by atoms with Crippen LogP contribution in [0.4, 0.5) is 110 Å². The zero-order chi connectivity index (χ0) is 91.5. The Balaban J connectivity index is 0.000000198. The zero-order valence-corrected chi connectivity index (χ0v) is 67.6. The van der Waals surface area contributed by atoms with Gasteiger partial charge in [-0.1, -0.05) is 164 Å². The predicted octanol–water partition coefficient (Wildman–Crippen LogP) is 21.2. The highest BCUT2D eigenvalue weighted by Crippen LogP contribution is 2.44. The van der Waals surface area contributed by atoms with Crippen molar-refractivity contribution in [2.45, 2.75) is 86.9 Å². The van der Waals surface area contributed by atoms with E-state index in [0.29, 0.717) is 26.9 Å². The van der Waals surface area contributed by atoms with Crippen molar-refractivity contribution in [3.8, 4) is 34.5 Å². The minimum absolute atomic E-state index is 0.0543. The normalized spacial score (nSPS) is 12.0. The van der Waals surface area contributed by atoms with E-state index in [2.05, 4.69) is 96.2 Å². The number of hydrogen-bond donors (Lipinski definition) is 6. The number of amides is 6. The van der Waals surface area contributed by atoms with Gasteiger partial charge in [0, 0.05) is 63.6 Å². The van der Waals surface area contributed by atoms with E-state index in [-0.39, 0.29) is 82.3 Å². The minimum atomic E-state index is -5.04. The van der Waals surface area contributed by atoms with Gasteiger partial charge in [-0.2, -0.15) is 10.2 Å². The Bertz CT molecular complexity index is 5490. The summed E-state index contributed by atoms with van der Waals surface area (Å²) in [6.45, 7) is 0. The van der Waals surface area contributed by atoms with Crippen LogP contribution in [0.1, 0.15) is 62.2 Å². The molecule has 0 aliphatic heterocycles. The Hall–Kier alpha value is -13.7. The first-order chi connectivity index (χ1) is 59.3. The van der Waals surface area contributed by atoms with Gasteiger partial charge < -0.3 is 49.1 Å². The molecule has 0 aliphatic carbocycles. The molecule has 0 spiro atoms. The number of halogens is 19. The van der Waals surface area contributed by atoms with E-state index in [4.69, 9.17) is 0 Å². The van der Waals surface area contributed by atoms with Crippen LogP contribution in [0.3, 0.4) is 0 Å². The fraction of sp³-hybridized carbons (Fsp3) is 0.202. The highest BCUT2D eigenvalue weighted by Gasteiger charge is 2.45. The van der Waals surface area contributed by atoms with Crippen LogP contribution in [-0.2, 0) is 65.9 Å². The van der Waals surface area contributed by atoms with Crippen LogP contribution in [0.2, 0.25) is 0 Å². The van der Waals surface area contributed by atoms with E-state index in [1.165, 1.54) is 95.3 Å². The molecule has 22 nitrogen and oxygen atoms in total. The molecule has 0 bridgehead atoms. The maximum absolute atomic E-state index is 13.6. The molecule has 126 heavy (non-hydrogen) atoms. The second-order valence-corrected chi connectivity index (χ2v) is 28.7. The third kappa shape index (κ3) is 28.4. The first-order valence-electron chi connectivity index (χ1n) is 36.6. The van der Waals surface area contributed by atoms with Crippen molar-refractivity contribution in [3.63, 3.8) is 0 Å². The van der Waals surface area contributed by atoms with Gasteiger partial charge in [-0.3, -0.25) is 30.1 Å². The average Bonchev–Trinajstić information content (AvgIpc) is 0.869. The number of carbonyl (C=O) groups is 4. The van der Waals surface area contributed by atoms with E-state index < -0.39 is 113 Å². The van der Waals surface area contributed by atoms with Gasteiger partial charge in [0.1, 0.15) is 34.5 Å². The van der Waals surface area contributed by atoms with E-state index in [1.54, 1.807) is 123 Å². The Morgan fingerprint density at radius 2 is 0.683 bits per heavy atom. The lowest BCUT2D eigenvalue weighted by Gasteiger charge is -2.37. The minimum Gasteiger partial charge on any atom is -0.469 e. The Morgan fingerprint density at radius 1 is 0.381 bits per heavy atom. The molecule has 6 amide bonds. The second-order valence-electron chi connectivity index (χ2n) is 27.0. The molecule has 42 heteroatoms. The number of benzene rings is 9. The number of anilines is 3. The van der Waals surface area contributed by atoms with Crippen molar-refractivity contribution in [3.05, 3.63) is 321 Å². The smallest absolute Gasteiger partial charge is 0.469 e. The topological polar surface area (TPSA) is 254 Å². The highest BCUT2D eigenvalue weighted by molar-refractivity contribution is 9.10. The van der Waals surface area contributed by atoms with Crippen molar-refractivity contribution in [2.75, 3.05) is 23.1 Å². The fourth-order valence-corrected chi connectivity index (χ4v) is 14.2. The van der Waals surface area contributed by atoms with Crippen LogP contribution in [0.5, 0.6) is 34.5 Å². The zero-order valence-electron chi connectivity index (χ0n) is 65.2. The summed E-state index contributed by atoms with van der Waals surface area (Å²) >= 11 is 4.32. The molecule has 664 valence electrons. The molecule has 0 unspecified atom stereocenters. The number of rotatable bonds is 27. The van der Waals surface area contributed by atoms with Gasteiger partial charge >= 0.3 is 62.2 Å². The molecular formula is C84H68BrF18N11O11S. The summed E-state index contributed by atoms with van der Waals surface area (Å²) in [6.07, 6.45) is -27.0. The van der Waals surface area contributed by atoms with E-state index >= 15 is 0 Å². The number of nitrogens with zero attached hydrogens (tertiary/aromatic N) is 5. The molecule has 0 saturated heterocycles. The van der Waals surface area contributed by atoms with E-state index in [0.717, 1.165) is 84.1 Å². The summed E-state index contributed by atoms with van der Waals surface area (Å²) in [7, 11) is 4.49. The SMILES string of the molecule is COC(=O)CCc1csc(NC(=O)NC(Cc2ccccc2)(c2cccc(OC(F)(F)F)c2)c2cccc(OC(F)(F)F)c2)n1.Cn1cc(Br)c(NC(=O)NC(Cc2ccccc2)(c2cccc(OC(F)(F)F)c2)c2cccc(OC(F)(F)F)c2)n1.Cn1ccc(NC(=O)NC(Cc2ccccc2)(c2cccc(OC(F)(F)F)c2)c2cccc(OC(F)(F)F)c2)n1. The lowest BCUT2D eigenvalue weighted by atomic mass is 9.77. The number of ether oxygens (including phenoxy) is 7. The molecular weight excluding hydrogens is 1790 g/mol. The molecule has 0 fully saturated rings. The van der Waals surface area contributed by atoms with Crippen LogP contribution in [-0.4, -0.2) is 93.9 Å². The predicted molar refractivity (Wildman–Crippen MR) is 425 cm³/mol. The van der Waals surface area contributed by atoms with Crippen molar-refractivity contribution < 1.29 is 131 Å². The van der Waals surface area contributed by atoms with Gasteiger partial charge in [-0.15, -0.1) is 90.4 Å². The molecule has 3 aromatic heterocycles. The largest absolute Gasteiger partial charge is 0.573 e. The Labute approximate surface area is 715 Å². The van der Waals surface area contributed by atoms with Crippen molar-refractivity contribution in [2.24, 2.45) is 14.1 Å². The summed E-state index contributed by atoms with van der Waals surface area (Å²) in [5.41, 5.74) is -2.43. The van der Waals surface area contributed by atoms with Gasteiger partial charge in [-0.05, 0) is 139 Å². The number of urea groups is 3. The average molecular weight is 1860 g/mol. The number of esters is 1. The first kappa shape index (κ1) is 94.6. The molecule has 3 heterocycles. The molecule has 9 aromatic carbocycles. The number of nitrogens with one attached hydrogen (secondary N) is 6. The van der Waals surface area contributed by atoms with Crippen molar-refractivity contribution in [1.82, 2.24) is 40.5 Å². The summed E-state index contributed by atoms with van der Waals surface area (Å²) in [4.78, 5) is 56.1. The number of alkyl halides is 18. The number of methoxy groups -OCH3 is 1. The van der Waals surface area contributed by atoms with Gasteiger partial charge in [0.05, 0.1) is 40.3 Å². The monoisotopic (exact) mass is 1860 g/mol. The van der Waals surface area contributed by atoms with Gasteiger partial charge in [0.2, 0.25) is 0 Å². The molecule has 0 aliphatic rings. The van der Waals surface area contributed by atoms with Crippen LogP contribution >= 0.6 is 27.3 Å². The molecule has 12 rings (SSSR count). The summed E-state index contributed by atoms with van der Waals surface area (Å²) in [5.74, 6) is -3.74. The van der Waals surface area contributed by atoms with Crippen LogP contribution in [0.25, 0.3) is 0 Å². The van der Waals surface area contributed by atoms with Crippen molar-refractivity contribution in [1.29, 1.82) is 0 Å². The molecule has 0 saturated carbocycles. The van der Waals surface area contributed by atoms with Gasteiger partial charge in [0.15, 0.2) is 16.8 Å². The lowest BCUT2D eigenvalue weighted by Crippen LogP contribution is -2.50. The maximum Gasteiger partial charge on any atom is 0.573 e. The quantitative estimate of drug-likeness (QED) is 0.0207. The Kier molecular flexibility index (Phi) is 30.3. The fourth-order valence-electron chi connectivity index (χ4n) is 13.0. The van der Waals surface area contributed by atoms with Gasteiger partial charge in [0.25, 0.3) is 0 Å². The maximum atomic E-state index is 13.6. The first-order valence-corrected chi connectivity index (χ1v) is 38.2. The van der Waals surface area contributed by atoms with E-state index in [1.807, 2.05) is 0 Å². The van der Waals surface area contributed by atoms with Crippen molar-refractivity contribution >= 4 is 68.1 Å². The third-order valence-electron chi connectivity index (χ3n) is 17.8.